The standard InChI is InChI=1S/C28H18Cl2FN3O3S2/c29-20-12-9-18(14-21(20)30)24-23(22(35)13-8-16-4-2-1-3-5-16)25(36)26(37)34(24)27-32-33-28(39-27)38-15-17-6-10-19(31)11-7-17/h1-14,24,36H,15H2/b13-8+. The Morgan fingerprint density at radius 2 is 1.79 bits per heavy atom. The summed E-state index contributed by atoms with van der Waals surface area (Å²) in [6.07, 6.45) is 2.92. The van der Waals surface area contributed by atoms with E-state index in [2.05, 4.69) is 10.2 Å². The Kier molecular flexibility index (Phi) is 8.13. The van der Waals surface area contributed by atoms with Crippen LogP contribution in [0, 0.1) is 5.82 Å². The van der Waals surface area contributed by atoms with Gasteiger partial charge in [-0.2, -0.15) is 0 Å². The quantitative estimate of drug-likeness (QED) is 0.129. The predicted octanol–water partition coefficient (Wildman–Crippen LogP) is 7.46. The molecular weight excluding hydrogens is 580 g/mol. The monoisotopic (exact) mass is 597 g/mol. The summed E-state index contributed by atoms with van der Waals surface area (Å²) in [6.45, 7) is 0. The highest BCUT2D eigenvalue weighted by Gasteiger charge is 2.45. The molecule has 1 N–H and O–H groups in total. The second-order valence-corrected chi connectivity index (χ2v) is 11.4. The van der Waals surface area contributed by atoms with Crippen molar-refractivity contribution in [2.45, 2.75) is 16.1 Å². The minimum Gasteiger partial charge on any atom is -0.503 e. The van der Waals surface area contributed by atoms with Gasteiger partial charge in [-0.3, -0.25) is 14.5 Å². The second kappa shape index (κ2) is 11.7. The van der Waals surface area contributed by atoms with Crippen LogP contribution in [-0.2, 0) is 15.3 Å². The molecule has 1 unspecified atom stereocenters. The van der Waals surface area contributed by atoms with Gasteiger partial charge in [-0.05, 0) is 47.0 Å². The maximum atomic E-state index is 13.4. The number of hydrogen-bond donors (Lipinski definition) is 1. The van der Waals surface area contributed by atoms with Crippen LogP contribution in [0.3, 0.4) is 0 Å². The highest BCUT2D eigenvalue weighted by Crippen LogP contribution is 2.44. The van der Waals surface area contributed by atoms with Crippen LogP contribution in [0.15, 0.2) is 94.5 Å². The maximum absolute atomic E-state index is 13.4. The molecule has 6 nitrogen and oxygen atoms in total. The number of halogens is 3. The number of thioether (sulfide) groups is 1. The Balaban J connectivity index is 1.47. The summed E-state index contributed by atoms with van der Waals surface area (Å²) in [5, 5.41) is 20.0. The minimum atomic E-state index is -1.01. The largest absolute Gasteiger partial charge is 0.503 e. The van der Waals surface area contributed by atoms with Crippen LogP contribution in [-0.4, -0.2) is 27.0 Å². The van der Waals surface area contributed by atoms with Crippen LogP contribution in [0.5, 0.6) is 0 Å². The first-order valence-corrected chi connectivity index (χ1v) is 14.1. The Labute approximate surface area is 241 Å². The highest BCUT2D eigenvalue weighted by atomic mass is 35.5. The summed E-state index contributed by atoms with van der Waals surface area (Å²) >= 11 is 14.9. The SMILES string of the molecule is O=C(/C=C/c1ccccc1)C1=C(O)C(=O)N(c2nnc(SCc3ccc(F)cc3)s2)C1c1ccc(Cl)c(Cl)c1. The van der Waals surface area contributed by atoms with Crippen molar-refractivity contribution in [3.05, 3.63) is 123 Å². The van der Waals surface area contributed by atoms with Gasteiger partial charge in [0.2, 0.25) is 5.13 Å². The Bertz CT molecular complexity index is 1610. The van der Waals surface area contributed by atoms with Gasteiger partial charge in [-0.25, -0.2) is 4.39 Å². The molecule has 0 radical (unpaired) electrons. The van der Waals surface area contributed by atoms with Crippen molar-refractivity contribution < 1.29 is 19.1 Å². The number of benzene rings is 3. The van der Waals surface area contributed by atoms with E-state index >= 15 is 0 Å². The number of nitrogens with zero attached hydrogens (tertiary/aromatic N) is 3. The molecule has 4 aromatic rings. The lowest BCUT2D eigenvalue weighted by Gasteiger charge is -2.24. The summed E-state index contributed by atoms with van der Waals surface area (Å²) in [4.78, 5) is 27.9. The average Bonchev–Trinajstić information content (AvgIpc) is 3.51. The fourth-order valence-electron chi connectivity index (χ4n) is 3.96. The van der Waals surface area contributed by atoms with E-state index in [0.29, 0.717) is 20.7 Å². The number of aliphatic hydroxyl groups is 1. The lowest BCUT2D eigenvalue weighted by atomic mass is 9.96. The maximum Gasteiger partial charge on any atom is 0.296 e. The fraction of sp³-hybridized carbons (Fsp3) is 0.0714. The van der Waals surface area contributed by atoms with E-state index in [1.807, 2.05) is 30.3 Å². The van der Waals surface area contributed by atoms with Crippen molar-refractivity contribution in [1.29, 1.82) is 0 Å². The molecule has 3 aromatic carbocycles. The number of rotatable bonds is 8. The lowest BCUT2D eigenvalue weighted by molar-refractivity contribution is -0.117. The van der Waals surface area contributed by atoms with Crippen LogP contribution in [0.2, 0.25) is 10.0 Å². The highest BCUT2D eigenvalue weighted by molar-refractivity contribution is 8.00. The van der Waals surface area contributed by atoms with Gasteiger partial charge >= 0.3 is 0 Å². The second-order valence-electron chi connectivity index (χ2n) is 8.39. The van der Waals surface area contributed by atoms with Crippen molar-refractivity contribution in [1.82, 2.24) is 10.2 Å². The van der Waals surface area contributed by atoms with Crippen molar-refractivity contribution >= 4 is 69.2 Å². The van der Waals surface area contributed by atoms with Gasteiger partial charge in [0.15, 0.2) is 15.9 Å². The normalized spacial score (nSPS) is 15.5. The molecule has 0 fully saturated rings. The molecule has 1 aromatic heterocycles. The van der Waals surface area contributed by atoms with E-state index in [1.165, 1.54) is 34.9 Å². The molecule has 1 amide bonds. The molecule has 0 spiro atoms. The van der Waals surface area contributed by atoms with E-state index in [1.54, 1.807) is 36.4 Å². The number of allylic oxidation sites excluding steroid dienone is 1. The Morgan fingerprint density at radius 3 is 2.51 bits per heavy atom. The van der Waals surface area contributed by atoms with Crippen LogP contribution >= 0.6 is 46.3 Å². The van der Waals surface area contributed by atoms with Crippen LogP contribution in [0.4, 0.5) is 9.52 Å². The molecule has 11 heteroatoms. The number of carbonyl (C=O) groups excluding carboxylic acids is 2. The summed E-state index contributed by atoms with van der Waals surface area (Å²) in [5.74, 6) is -1.81. The van der Waals surface area contributed by atoms with E-state index < -0.39 is 23.5 Å². The molecule has 0 saturated heterocycles. The zero-order valence-electron chi connectivity index (χ0n) is 19.9. The first kappa shape index (κ1) is 27.1. The van der Waals surface area contributed by atoms with E-state index in [9.17, 15) is 19.1 Å². The van der Waals surface area contributed by atoms with Crippen molar-refractivity contribution in [2.75, 3.05) is 4.90 Å². The molecule has 1 aliphatic heterocycles. The summed E-state index contributed by atoms with van der Waals surface area (Å²) in [7, 11) is 0. The van der Waals surface area contributed by atoms with Crippen molar-refractivity contribution in [3.63, 3.8) is 0 Å². The van der Waals surface area contributed by atoms with Crippen LogP contribution in [0.1, 0.15) is 22.7 Å². The smallest absolute Gasteiger partial charge is 0.296 e. The lowest BCUT2D eigenvalue weighted by Crippen LogP contribution is -2.30. The number of aliphatic hydroxyl groups excluding tert-OH is 1. The molecular formula is C28H18Cl2FN3O3S2. The van der Waals surface area contributed by atoms with E-state index in [4.69, 9.17) is 23.2 Å². The zero-order chi connectivity index (χ0) is 27.5. The summed E-state index contributed by atoms with van der Waals surface area (Å²) < 4.78 is 13.8. The van der Waals surface area contributed by atoms with Gasteiger partial charge in [-0.1, -0.05) is 101 Å². The molecule has 0 aliphatic carbocycles. The van der Waals surface area contributed by atoms with E-state index in [-0.39, 0.29) is 21.5 Å². The Hall–Kier alpha value is -3.50. The predicted molar refractivity (Wildman–Crippen MR) is 153 cm³/mol. The number of ketones is 1. The number of carbonyl (C=O) groups is 2. The molecule has 1 atom stereocenters. The summed E-state index contributed by atoms with van der Waals surface area (Å²) in [6, 6.07) is 19.0. The third-order valence-electron chi connectivity index (χ3n) is 5.84. The molecule has 0 saturated carbocycles. The van der Waals surface area contributed by atoms with Gasteiger partial charge in [0.1, 0.15) is 5.82 Å². The van der Waals surface area contributed by atoms with Crippen molar-refractivity contribution in [2.24, 2.45) is 0 Å². The van der Waals surface area contributed by atoms with Gasteiger partial charge in [0, 0.05) is 5.75 Å². The van der Waals surface area contributed by atoms with Crippen molar-refractivity contribution in [3.8, 4) is 0 Å². The van der Waals surface area contributed by atoms with Gasteiger partial charge in [0.25, 0.3) is 5.91 Å². The number of anilines is 1. The van der Waals surface area contributed by atoms with Gasteiger partial charge in [0.05, 0.1) is 21.7 Å². The average molecular weight is 599 g/mol. The van der Waals surface area contributed by atoms with Crippen LogP contribution in [0.25, 0.3) is 6.08 Å². The molecule has 5 rings (SSSR count). The number of hydrogen-bond acceptors (Lipinski definition) is 7. The summed E-state index contributed by atoms with van der Waals surface area (Å²) in [5.41, 5.74) is 2.03. The molecule has 1 aliphatic rings. The third kappa shape index (κ3) is 5.91. The Morgan fingerprint density at radius 1 is 1.05 bits per heavy atom. The van der Waals surface area contributed by atoms with Gasteiger partial charge in [-0.15, -0.1) is 10.2 Å². The molecule has 0 bridgehead atoms. The third-order valence-corrected chi connectivity index (χ3v) is 8.70. The fourth-order valence-corrected chi connectivity index (χ4v) is 6.09. The molecule has 196 valence electrons. The molecule has 39 heavy (non-hydrogen) atoms. The number of aromatic nitrogens is 2. The van der Waals surface area contributed by atoms with Crippen LogP contribution < -0.4 is 4.90 Å². The zero-order valence-corrected chi connectivity index (χ0v) is 23.1. The van der Waals surface area contributed by atoms with Gasteiger partial charge < -0.3 is 5.11 Å². The number of amides is 1. The van der Waals surface area contributed by atoms with E-state index in [0.717, 1.165) is 22.5 Å². The molecule has 2 heterocycles. The first-order chi connectivity index (χ1) is 18.8. The minimum absolute atomic E-state index is 0.110. The topological polar surface area (TPSA) is 83.4 Å². The first-order valence-electron chi connectivity index (χ1n) is 11.5.